The van der Waals surface area contributed by atoms with E-state index in [0.29, 0.717) is 5.75 Å². The van der Waals surface area contributed by atoms with Crippen LogP contribution in [0.4, 0.5) is 11.4 Å². The molecule has 0 bridgehead atoms. The van der Waals surface area contributed by atoms with Gasteiger partial charge < -0.3 is 24.1 Å². The molecule has 1 amide bonds. The summed E-state index contributed by atoms with van der Waals surface area (Å²) in [6, 6.07) is 21.4. The molecular weight excluding hydrogens is 392 g/mol. The smallest absolute Gasteiger partial charge is 0.265 e. The van der Waals surface area contributed by atoms with Crippen molar-refractivity contribution in [3.05, 3.63) is 66.7 Å². The summed E-state index contributed by atoms with van der Waals surface area (Å²) < 4.78 is 17.2. The number of hydrogen-bond acceptors (Lipinski definition) is 5. The molecule has 3 aromatic carbocycles. The van der Waals surface area contributed by atoms with Gasteiger partial charge in [0.1, 0.15) is 16.9 Å². The maximum Gasteiger partial charge on any atom is 0.265 e. The predicted octanol–water partition coefficient (Wildman–Crippen LogP) is 4.83. The molecule has 1 saturated heterocycles. The predicted molar refractivity (Wildman–Crippen MR) is 122 cm³/mol. The molecular formula is C25H24N2O4. The first-order chi connectivity index (χ1) is 15.2. The molecule has 1 aromatic heterocycles. The van der Waals surface area contributed by atoms with Crippen LogP contribution in [0.1, 0.15) is 6.92 Å². The number of furan rings is 1. The first kappa shape index (κ1) is 19.5. The number of nitrogens with one attached hydrogen (secondary N) is 1. The Hall–Kier alpha value is -3.51. The highest BCUT2D eigenvalue weighted by atomic mass is 16.5. The molecule has 1 aliphatic rings. The molecule has 5 rings (SSSR count). The van der Waals surface area contributed by atoms with Crippen LogP contribution in [0.5, 0.6) is 5.75 Å². The number of carbonyl (C=O) groups excluding carboxylic acids is 1. The van der Waals surface area contributed by atoms with Crippen LogP contribution in [0.3, 0.4) is 0 Å². The number of anilines is 2. The molecule has 4 aromatic rings. The minimum absolute atomic E-state index is 0.198. The Bertz CT molecular complexity index is 1210. The van der Waals surface area contributed by atoms with Gasteiger partial charge in [-0.3, -0.25) is 4.79 Å². The molecule has 1 N–H and O–H groups in total. The van der Waals surface area contributed by atoms with Crippen LogP contribution in [0.2, 0.25) is 0 Å². The standard InChI is InChI=1S/C25H24N2O4/c1-17(25(28)26-18-6-8-19(9-7-18)27-12-14-29-15-13-27)30-20-10-11-24-22(16-20)21-4-2-3-5-23(21)31-24/h2-11,16-17H,12-15H2,1H3,(H,26,28)/t17-/m1/s1. The van der Waals surface area contributed by atoms with Crippen molar-refractivity contribution < 1.29 is 18.7 Å². The lowest BCUT2D eigenvalue weighted by atomic mass is 10.1. The number of para-hydroxylation sites is 1. The molecule has 1 fully saturated rings. The van der Waals surface area contributed by atoms with Crippen molar-refractivity contribution in [3.8, 4) is 5.75 Å². The van der Waals surface area contributed by atoms with Crippen LogP contribution in [-0.2, 0) is 9.53 Å². The summed E-state index contributed by atoms with van der Waals surface area (Å²) in [5, 5.41) is 4.93. The van der Waals surface area contributed by atoms with Crippen molar-refractivity contribution in [3.63, 3.8) is 0 Å². The molecule has 1 aliphatic heterocycles. The van der Waals surface area contributed by atoms with Gasteiger partial charge in [0.2, 0.25) is 0 Å². The molecule has 1 atom stereocenters. The summed E-state index contributed by atoms with van der Waals surface area (Å²) >= 11 is 0. The zero-order valence-corrected chi connectivity index (χ0v) is 17.3. The van der Waals surface area contributed by atoms with Gasteiger partial charge in [-0.05, 0) is 55.5 Å². The molecule has 0 saturated carbocycles. The Labute approximate surface area is 180 Å². The Morgan fingerprint density at radius 2 is 1.71 bits per heavy atom. The average Bonchev–Trinajstić information content (AvgIpc) is 3.18. The van der Waals surface area contributed by atoms with E-state index in [0.717, 1.165) is 59.6 Å². The largest absolute Gasteiger partial charge is 0.481 e. The van der Waals surface area contributed by atoms with Crippen LogP contribution in [-0.4, -0.2) is 38.3 Å². The second-order valence-electron chi connectivity index (χ2n) is 7.65. The highest BCUT2D eigenvalue weighted by Crippen LogP contribution is 2.31. The fourth-order valence-corrected chi connectivity index (χ4v) is 3.86. The normalized spacial score (nSPS) is 15.2. The molecule has 0 unspecified atom stereocenters. The molecule has 6 nitrogen and oxygen atoms in total. The molecule has 0 aliphatic carbocycles. The minimum atomic E-state index is -0.644. The Morgan fingerprint density at radius 1 is 0.968 bits per heavy atom. The van der Waals surface area contributed by atoms with Crippen molar-refractivity contribution >= 4 is 39.2 Å². The molecule has 0 spiro atoms. The summed E-state index contributed by atoms with van der Waals surface area (Å²) in [5.74, 6) is 0.431. The lowest BCUT2D eigenvalue weighted by Crippen LogP contribution is -2.36. The van der Waals surface area contributed by atoms with Crippen LogP contribution < -0.4 is 15.0 Å². The Balaban J connectivity index is 1.25. The van der Waals surface area contributed by atoms with Gasteiger partial charge in [-0.25, -0.2) is 0 Å². The molecule has 2 heterocycles. The monoisotopic (exact) mass is 416 g/mol. The summed E-state index contributed by atoms with van der Waals surface area (Å²) in [7, 11) is 0. The number of fused-ring (bicyclic) bond motifs is 3. The second-order valence-corrected chi connectivity index (χ2v) is 7.65. The fourth-order valence-electron chi connectivity index (χ4n) is 3.86. The summed E-state index contributed by atoms with van der Waals surface area (Å²) in [5.41, 5.74) is 3.51. The van der Waals surface area contributed by atoms with Gasteiger partial charge in [-0.15, -0.1) is 0 Å². The van der Waals surface area contributed by atoms with Crippen LogP contribution in [0, 0.1) is 0 Å². The van der Waals surface area contributed by atoms with E-state index in [9.17, 15) is 4.79 Å². The van der Waals surface area contributed by atoms with Gasteiger partial charge in [-0.1, -0.05) is 18.2 Å². The third-order valence-electron chi connectivity index (χ3n) is 5.54. The van der Waals surface area contributed by atoms with Crippen LogP contribution >= 0.6 is 0 Å². The van der Waals surface area contributed by atoms with E-state index in [1.807, 2.05) is 66.7 Å². The van der Waals surface area contributed by atoms with E-state index < -0.39 is 6.10 Å². The van der Waals surface area contributed by atoms with Gasteiger partial charge in [0.15, 0.2) is 6.10 Å². The molecule has 0 radical (unpaired) electrons. The van der Waals surface area contributed by atoms with Gasteiger partial charge >= 0.3 is 0 Å². The van der Waals surface area contributed by atoms with Crippen molar-refractivity contribution in [2.24, 2.45) is 0 Å². The SMILES string of the molecule is C[C@@H](Oc1ccc2oc3ccccc3c2c1)C(=O)Nc1ccc(N2CCOCC2)cc1. The lowest BCUT2D eigenvalue weighted by molar-refractivity contribution is -0.122. The van der Waals surface area contributed by atoms with Crippen LogP contribution in [0.15, 0.2) is 71.1 Å². The van der Waals surface area contributed by atoms with Crippen molar-refractivity contribution in [2.45, 2.75) is 13.0 Å². The van der Waals surface area contributed by atoms with Crippen molar-refractivity contribution in [1.82, 2.24) is 0 Å². The van der Waals surface area contributed by atoms with E-state index in [4.69, 9.17) is 13.9 Å². The van der Waals surface area contributed by atoms with E-state index in [1.165, 1.54) is 0 Å². The number of benzene rings is 3. The fraction of sp³-hybridized carbons (Fsp3) is 0.240. The maximum atomic E-state index is 12.6. The number of amides is 1. The molecule has 31 heavy (non-hydrogen) atoms. The quantitative estimate of drug-likeness (QED) is 0.505. The van der Waals surface area contributed by atoms with Gasteiger partial charge in [0.25, 0.3) is 5.91 Å². The third-order valence-corrected chi connectivity index (χ3v) is 5.54. The number of hydrogen-bond donors (Lipinski definition) is 1. The number of rotatable bonds is 5. The highest BCUT2D eigenvalue weighted by molar-refractivity contribution is 6.05. The first-order valence-electron chi connectivity index (χ1n) is 10.5. The number of nitrogens with zero attached hydrogens (tertiary/aromatic N) is 1. The molecule has 158 valence electrons. The second kappa shape index (κ2) is 8.32. The van der Waals surface area contributed by atoms with E-state index in [-0.39, 0.29) is 5.91 Å². The summed E-state index contributed by atoms with van der Waals surface area (Å²) in [6.07, 6.45) is -0.644. The van der Waals surface area contributed by atoms with Crippen molar-refractivity contribution in [1.29, 1.82) is 0 Å². The first-order valence-corrected chi connectivity index (χ1v) is 10.5. The maximum absolute atomic E-state index is 12.6. The van der Waals surface area contributed by atoms with Crippen LogP contribution in [0.25, 0.3) is 21.9 Å². The topological polar surface area (TPSA) is 63.9 Å². The zero-order chi connectivity index (χ0) is 21.2. The molecule has 6 heteroatoms. The van der Waals surface area contributed by atoms with Gasteiger partial charge in [-0.2, -0.15) is 0 Å². The summed E-state index contributed by atoms with van der Waals surface area (Å²) in [4.78, 5) is 14.9. The Morgan fingerprint density at radius 3 is 2.52 bits per heavy atom. The highest BCUT2D eigenvalue weighted by Gasteiger charge is 2.17. The number of carbonyl (C=O) groups is 1. The van der Waals surface area contributed by atoms with E-state index in [1.54, 1.807) is 6.92 Å². The van der Waals surface area contributed by atoms with Crippen molar-refractivity contribution in [2.75, 3.05) is 36.5 Å². The lowest BCUT2D eigenvalue weighted by Gasteiger charge is -2.29. The van der Waals surface area contributed by atoms with Gasteiger partial charge in [0.05, 0.1) is 13.2 Å². The summed E-state index contributed by atoms with van der Waals surface area (Å²) in [6.45, 7) is 5.00. The average molecular weight is 416 g/mol. The van der Waals surface area contributed by atoms with E-state index >= 15 is 0 Å². The van der Waals surface area contributed by atoms with Gasteiger partial charge in [0, 0.05) is 35.2 Å². The zero-order valence-electron chi connectivity index (χ0n) is 17.3. The van der Waals surface area contributed by atoms with E-state index in [2.05, 4.69) is 10.2 Å². The number of ether oxygens (including phenoxy) is 2. The number of morpholine rings is 1. The third kappa shape index (κ3) is 4.07. The Kier molecular flexibility index (Phi) is 5.22. The minimum Gasteiger partial charge on any atom is -0.481 e.